The van der Waals surface area contributed by atoms with E-state index >= 15 is 0 Å². The number of ether oxygens (including phenoxy) is 2. The molecule has 0 saturated carbocycles. The molecule has 0 unspecified atom stereocenters. The zero-order valence-corrected chi connectivity index (χ0v) is 15.7. The summed E-state index contributed by atoms with van der Waals surface area (Å²) in [5.74, 6) is -1.90. The third-order valence-corrected chi connectivity index (χ3v) is 4.52. The van der Waals surface area contributed by atoms with Gasteiger partial charge in [0.05, 0.1) is 11.0 Å². The molecule has 0 spiro atoms. The SMILES string of the molecule is CC[C@@H](C)OC(=O)CN1C(=O)S/C(=C/c2ccc(OCC(=O)O)cc2)C1=O. The Bertz CT molecular complexity index is 772. The Morgan fingerprint density at radius 1 is 1.26 bits per heavy atom. The third-order valence-electron chi connectivity index (χ3n) is 3.61. The Morgan fingerprint density at radius 3 is 2.52 bits per heavy atom. The molecule has 1 aromatic rings. The molecule has 9 heteroatoms. The van der Waals surface area contributed by atoms with Gasteiger partial charge in [-0.15, -0.1) is 0 Å². The highest BCUT2D eigenvalue weighted by Crippen LogP contribution is 2.32. The van der Waals surface area contributed by atoms with Crippen LogP contribution in [0.3, 0.4) is 0 Å². The third kappa shape index (κ3) is 5.85. The van der Waals surface area contributed by atoms with Crippen molar-refractivity contribution in [2.24, 2.45) is 0 Å². The Hall–Kier alpha value is -2.81. The lowest BCUT2D eigenvalue weighted by Gasteiger charge is -2.14. The number of carbonyl (C=O) groups is 4. The molecular weight excluding hydrogens is 374 g/mol. The van der Waals surface area contributed by atoms with Gasteiger partial charge in [0.1, 0.15) is 12.3 Å². The molecule has 0 aliphatic carbocycles. The summed E-state index contributed by atoms with van der Waals surface area (Å²) in [6, 6.07) is 6.37. The molecule has 0 bridgehead atoms. The summed E-state index contributed by atoms with van der Waals surface area (Å²) in [5.41, 5.74) is 0.630. The second-order valence-electron chi connectivity index (χ2n) is 5.73. The van der Waals surface area contributed by atoms with E-state index in [2.05, 4.69) is 0 Å². The first-order valence-electron chi connectivity index (χ1n) is 8.19. The highest BCUT2D eigenvalue weighted by atomic mass is 32.2. The number of carbonyl (C=O) groups excluding carboxylic acids is 3. The molecule has 1 N–H and O–H groups in total. The van der Waals surface area contributed by atoms with Crippen LogP contribution in [0.15, 0.2) is 29.2 Å². The monoisotopic (exact) mass is 393 g/mol. The maximum atomic E-state index is 12.4. The molecule has 8 nitrogen and oxygen atoms in total. The molecule has 1 atom stereocenters. The highest BCUT2D eigenvalue weighted by molar-refractivity contribution is 8.18. The largest absolute Gasteiger partial charge is 0.482 e. The number of rotatable bonds is 8. The number of thioether (sulfide) groups is 1. The fourth-order valence-electron chi connectivity index (χ4n) is 2.07. The molecule has 1 heterocycles. The Balaban J connectivity index is 2.02. The van der Waals surface area contributed by atoms with Gasteiger partial charge in [0, 0.05) is 0 Å². The van der Waals surface area contributed by atoms with Crippen LogP contribution in [0.1, 0.15) is 25.8 Å². The number of hydrogen-bond acceptors (Lipinski definition) is 7. The van der Waals surface area contributed by atoms with Crippen molar-refractivity contribution in [2.45, 2.75) is 26.4 Å². The van der Waals surface area contributed by atoms with Gasteiger partial charge < -0.3 is 14.6 Å². The maximum absolute atomic E-state index is 12.4. The van der Waals surface area contributed by atoms with Gasteiger partial charge in [0.15, 0.2) is 6.61 Å². The van der Waals surface area contributed by atoms with Gasteiger partial charge >= 0.3 is 11.9 Å². The van der Waals surface area contributed by atoms with Crippen molar-refractivity contribution in [1.82, 2.24) is 4.90 Å². The topological polar surface area (TPSA) is 110 Å². The number of esters is 1. The van der Waals surface area contributed by atoms with Crippen molar-refractivity contribution in [2.75, 3.05) is 13.2 Å². The lowest BCUT2D eigenvalue weighted by molar-refractivity contribution is -0.150. The van der Waals surface area contributed by atoms with E-state index < -0.39 is 36.2 Å². The standard InChI is InChI=1S/C18H19NO7S/c1-3-11(2)26-16(22)9-19-17(23)14(27-18(19)24)8-12-4-6-13(7-5-12)25-10-15(20)21/h4-8,11H,3,9-10H2,1-2H3,(H,20,21)/b14-8+/t11-/m1/s1. The number of carboxylic acids is 1. The second-order valence-corrected chi connectivity index (χ2v) is 6.72. The fourth-order valence-corrected chi connectivity index (χ4v) is 2.91. The van der Waals surface area contributed by atoms with Crippen LogP contribution in [0.5, 0.6) is 5.75 Å². The molecule has 0 aromatic heterocycles. The van der Waals surface area contributed by atoms with Gasteiger partial charge in [-0.2, -0.15) is 0 Å². The van der Waals surface area contributed by atoms with Gasteiger partial charge in [0.25, 0.3) is 11.1 Å². The van der Waals surface area contributed by atoms with Crippen LogP contribution < -0.4 is 4.74 Å². The summed E-state index contributed by atoms with van der Waals surface area (Å²) in [6.45, 7) is 2.72. The molecule has 1 aromatic carbocycles. The van der Waals surface area contributed by atoms with Crippen LogP contribution in [0.2, 0.25) is 0 Å². The summed E-state index contributed by atoms with van der Waals surface area (Å²) in [4.78, 5) is 47.7. The summed E-state index contributed by atoms with van der Waals surface area (Å²) in [5, 5.41) is 8.04. The molecule has 1 aliphatic rings. The van der Waals surface area contributed by atoms with E-state index in [1.165, 1.54) is 6.08 Å². The van der Waals surface area contributed by atoms with Gasteiger partial charge in [-0.3, -0.25) is 19.3 Å². The summed E-state index contributed by atoms with van der Waals surface area (Å²) in [6.07, 6.45) is 1.88. The Morgan fingerprint density at radius 2 is 1.93 bits per heavy atom. The van der Waals surface area contributed by atoms with Crippen LogP contribution in [-0.4, -0.2) is 52.3 Å². The van der Waals surface area contributed by atoms with E-state index in [1.54, 1.807) is 31.2 Å². The van der Waals surface area contributed by atoms with Crippen molar-refractivity contribution in [3.8, 4) is 5.75 Å². The molecular formula is C18H19NO7S. The molecule has 1 aliphatic heterocycles. The number of carboxylic acid groups (broad SMARTS) is 1. The predicted molar refractivity (Wildman–Crippen MR) is 98.1 cm³/mol. The van der Waals surface area contributed by atoms with Crippen LogP contribution in [0.4, 0.5) is 4.79 Å². The van der Waals surface area contributed by atoms with E-state index in [1.807, 2.05) is 6.92 Å². The zero-order chi connectivity index (χ0) is 20.0. The lowest BCUT2D eigenvalue weighted by atomic mass is 10.2. The van der Waals surface area contributed by atoms with E-state index in [9.17, 15) is 19.2 Å². The Kier molecular flexibility index (Phi) is 7.00. The number of aliphatic carboxylic acids is 1. The number of nitrogens with zero attached hydrogens (tertiary/aromatic N) is 1. The zero-order valence-electron chi connectivity index (χ0n) is 14.8. The van der Waals surface area contributed by atoms with Crippen molar-refractivity contribution in [3.05, 3.63) is 34.7 Å². The number of benzene rings is 1. The summed E-state index contributed by atoms with van der Waals surface area (Å²) < 4.78 is 10.1. The normalized spacial score (nSPS) is 16.5. The van der Waals surface area contributed by atoms with Crippen molar-refractivity contribution in [3.63, 3.8) is 0 Å². The first-order chi connectivity index (χ1) is 12.8. The molecule has 1 saturated heterocycles. The first kappa shape index (κ1) is 20.5. The molecule has 0 radical (unpaired) electrons. The quantitative estimate of drug-likeness (QED) is 0.530. The van der Waals surface area contributed by atoms with Crippen molar-refractivity contribution >= 4 is 40.9 Å². The van der Waals surface area contributed by atoms with Crippen molar-refractivity contribution < 1.29 is 33.8 Å². The van der Waals surface area contributed by atoms with Gasteiger partial charge in [-0.05, 0) is 48.9 Å². The van der Waals surface area contributed by atoms with Crippen LogP contribution >= 0.6 is 11.8 Å². The molecule has 2 rings (SSSR count). The smallest absolute Gasteiger partial charge is 0.341 e. The van der Waals surface area contributed by atoms with E-state index in [-0.39, 0.29) is 11.0 Å². The molecule has 144 valence electrons. The van der Waals surface area contributed by atoms with Crippen LogP contribution in [-0.2, 0) is 19.1 Å². The minimum Gasteiger partial charge on any atom is -0.482 e. The minimum atomic E-state index is -1.08. The average molecular weight is 393 g/mol. The lowest BCUT2D eigenvalue weighted by Crippen LogP contribution is -2.35. The summed E-state index contributed by atoms with van der Waals surface area (Å²) >= 11 is 0.743. The Labute approximate surface area is 160 Å². The highest BCUT2D eigenvalue weighted by Gasteiger charge is 2.36. The van der Waals surface area contributed by atoms with Gasteiger partial charge in [-0.25, -0.2) is 4.79 Å². The summed E-state index contributed by atoms with van der Waals surface area (Å²) in [7, 11) is 0. The molecule has 27 heavy (non-hydrogen) atoms. The minimum absolute atomic E-state index is 0.190. The maximum Gasteiger partial charge on any atom is 0.341 e. The van der Waals surface area contributed by atoms with Gasteiger partial charge in [0.2, 0.25) is 0 Å². The van der Waals surface area contributed by atoms with Crippen molar-refractivity contribution in [1.29, 1.82) is 0 Å². The first-order valence-corrected chi connectivity index (χ1v) is 9.01. The predicted octanol–water partition coefficient (Wildman–Crippen LogP) is 2.53. The van der Waals surface area contributed by atoms with E-state index in [0.717, 1.165) is 16.7 Å². The van der Waals surface area contributed by atoms with Crippen LogP contribution in [0, 0.1) is 0 Å². The molecule has 2 amide bonds. The number of imide groups is 1. The average Bonchev–Trinajstić information content (AvgIpc) is 2.88. The molecule has 1 fully saturated rings. The number of amides is 2. The van der Waals surface area contributed by atoms with Gasteiger partial charge in [-0.1, -0.05) is 19.1 Å². The fraction of sp³-hybridized carbons (Fsp3) is 0.333. The van der Waals surface area contributed by atoms with Crippen LogP contribution in [0.25, 0.3) is 6.08 Å². The number of hydrogen-bond donors (Lipinski definition) is 1. The van der Waals surface area contributed by atoms with E-state index in [0.29, 0.717) is 17.7 Å². The second kappa shape index (κ2) is 9.22. The van der Waals surface area contributed by atoms with E-state index in [4.69, 9.17) is 14.6 Å².